The first-order chi connectivity index (χ1) is 54.2. The molecule has 9 N–H and O–H groups in total. The van der Waals surface area contributed by atoms with Crippen LogP contribution in [0.5, 0.6) is 5.75 Å². The standard InChI is InChI=1S/C77H92N10O24S3/c1-44-35-75(43-86-46(3)53(37-79-86)51-16-17-59(81-63(51)70(96)97)84-26-20-48-10-8-11-52(54(48)38-84)68(94)82-73-80-55-12-4-5-13-58(55)112-73)36-45(2)77(44)23-21-76(42-75,22-24-77)109-29-27-83(28-31-113(101,102)103)74(100)108-40-49-15-14-47(33-57(49)110-72-66(93)64(91)65(92)67(111-72)71(98)99)9-6-7-25-78-60(88)39-85-50(41-107-30-32-114(104,105)106)34-56(69(85)95)87-61(89)18-19-62(87)90/h4-5,8,10-19,33,37,44-45,50,56,64-67,72,91-93H,6-7,9,20-32,34-36,38-43H2,1-3H3,(H,78,88)(H,96,97)(H,98,99)(H,80,82,94)(H,101,102,103)(H,104,105,106)/t44?,45?,50-,56-,64-,65-,66+,67-,72+,75?,76?,77?/m0/s1. The Hall–Kier alpha value is -9.41. The van der Waals surface area contributed by atoms with Crippen LogP contribution in [-0.2, 0) is 95.7 Å². The molecule has 2 saturated heterocycles. The SMILES string of the molecule is Cc1c(-c2ccc(N3CCc4cccc(C(=O)Nc5nc6ccccc6s5)c4C3)nc2C(=O)O)cnn1CC12CC(C)C3(CCC(OCCN(CCS(=O)(=O)O)C(=O)OCc4ccc(CCCCNC(=O)CN5C(=O)[C@@H](N6C(=O)C=CC6=O)C[C@H]5COCCS(=O)(=O)O)cc4O[C@@H]4O[C@H](C(=O)O)[C@@H](O)[C@H](O)[C@H]4O)(CC3)C1)C(C)C2. The molecular formula is C77H92N10O24S3. The molecule has 2 unspecified atom stereocenters. The number of imide groups is 1. The van der Waals surface area contributed by atoms with E-state index in [2.05, 4.69) is 29.5 Å². The van der Waals surface area contributed by atoms with Gasteiger partial charge in [-0.15, -0.1) is 0 Å². The van der Waals surface area contributed by atoms with Gasteiger partial charge in [0.2, 0.25) is 18.1 Å². The van der Waals surface area contributed by atoms with Gasteiger partial charge in [0.15, 0.2) is 16.9 Å². The summed E-state index contributed by atoms with van der Waals surface area (Å²) in [6.07, 6.45) is -0.608. The molecule has 612 valence electrons. The summed E-state index contributed by atoms with van der Waals surface area (Å²) in [4.78, 5) is 120. The molecule has 37 heteroatoms. The number of thiazole rings is 1. The molecule has 0 radical (unpaired) electrons. The van der Waals surface area contributed by atoms with E-state index in [-0.39, 0.29) is 72.9 Å². The van der Waals surface area contributed by atoms with Crippen LogP contribution in [0.15, 0.2) is 91.1 Å². The molecular weight excluding hydrogens is 1550 g/mol. The number of para-hydroxylation sites is 1. The number of aromatic carboxylic acids is 1. The maximum Gasteiger partial charge on any atom is 0.410 e. The van der Waals surface area contributed by atoms with Crippen LogP contribution in [0.1, 0.15) is 127 Å². The van der Waals surface area contributed by atoms with Crippen LogP contribution in [0.4, 0.5) is 15.7 Å². The van der Waals surface area contributed by atoms with E-state index in [1.807, 2.05) is 52.9 Å². The van der Waals surface area contributed by atoms with Gasteiger partial charge < -0.3 is 69.2 Å². The zero-order valence-electron chi connectivity index (χ0n) is 62.9. The number of aliphatic hydroxyl groups is 3. The number of carboxylic acid groups (broad SMARTS) is 2. The number of aryl methyl sites for hydroxylation is 1. The summed E-state index contributed by atoms with van der Waals surface area (Å²) >= 11 is 1.38. The predicted molar refractivity (Wildman–Crippen MR) is 408 cm³/mol. The monoisotopic (exact) mass is 1640 g/mol. The van der Waals surface area contributed by atoms with Gasteiger partial charge in [-0.2, -0.15) is 21.9 Å². The largest absolute Gasteiger partial charge is 0.479 e. The number of ether oxygens (including phenoxy) is 5. The van der Waals surface area contributed by atoms with E-state index in [1.54, 1.807) is 30.5 Å². The first-order valence-electron chi connectivity index (χ1n) is 37.9. The average molecular weight is 1640 g/mol. The Bertz CT molecular complexity index is 4900. The van der Waals surface area contributed by atoms with E-state index in [4.69, 9.17) is 38.3 Å². The number of aliphatic carboxylic acids is 1. The number of aromatic nitrogens is 4. The van der Waals surface area contributed by atoms with Crippen LogP contribution >= 0.6 is 11.3 Å². The van der Waals surface area contributed by atoms with Crippen molar-refractivity contribution >= 4 is 100 Å². The molecule has 34 nitrogen and oxygen atoms in total. The molecule has 1 spiro atoms. The van der Waals surface area contributed by atoms with Gasteiger partial charge in [-0.1, -0.05) is 61.6 Å². The lowest BCUT2D eigenvalue weighted by atomic mass is 9.43. The molecule has 3 aromatic heterocycles. The first-order valence-corrected chi connectivity index (χ1v) is 41.9. The molecule has 4 aliphatic heterocycles. The molecule has 16 rings (SSSR count). The third-order valence-electron chi connectivity index (χ3n) is 23.7. The highest BCUT2D eigenvalue weighted by atomic mass is 32.2. The van der Waals surface area contributed by atoms with Crippen LogP contribution in [0.25, 0.3) is 21.3 Å². The second-order valence-electron chi connectivity index (χ2n) is 30.9. The van der Waals surface area contributed by atoms with Gasteiger partial charge in [0.25, 0.3) is 38.0 Å². The number of pyridine rings is 1. The zero-order valence-corrected chi connectivity index (χ0v) is 65.4. The van der Waals surface area contributed by atoms with Crippen LogP contribution in [-0.4, -0.2) is 246 Å². The van der Waals surface area contributed by atoms with Gasteiger partial charge in [-0.3, -0.25) is 48.0 Å². The number of nitrogens with zero attached hydrogens (tertiary/aromatic N) is 8. The number of aliphatic hydroxyl groups excluding tert-OH is 3. The number of anilines is 2. The summed E-state index contributed by atoms with van der Waals surface area (Å²) < 4.78 is 99.1. The van der Waals surface area contributed by atoms with Crippen LogP contribution < -0.4 is 20.3 Å². The van der Waals surface area contributed by atoms with Crippen molar-refractivity contribution in [1.82, 2.24) is 39.8 Å². The van der Waals surface area contributed by atoms with Crippen molar-refractivity contribution in [2.24, 2.45) is 22.7 Å². The normalized spacial score (nSPS) is 26.1. The van der Waals surface area contributed by atoms with Gasteiger partial charge >= 0.3 is 18.0 Å². The van der Waals surface area contributed by atoms with Crippen molar-refractivity contribution in [2.75, 3.05) is 74.3 Å². The van der Waals surface area contributed by atoms with Crippen molar-refractivity contribution in [3.05, 3.63) is 130 Å². The number of hydrogen-bond donors (Lipinski definition) is 9. The highest BCUT2D eigenvalue weighted by molar-refractivity contribution is 7.86. The number of hydrogen-bond acceptors (Lipinski definition) is 25. The van der Waals surface area contributed by atoms with Gasteiger partial charge in [0, 0.05) is 85.8 Å². The van der Waals surface area contributed by atoms with Gasteiger partial charge in [-0.25, -0.2) is 24.4 Å². The molecule has 8 fully saturated rings. The Kier molecular flexibility index (Phi) is 24.5. The predicted octanol–water partition coefficient (Wildman–Crippen LogP) is 5.18. The van der Waals surface area contributed by atoms with Crippen LogP contribution in [0.2, 0.25) is 0 Å². The lowest BCUT2D eigenvalue weighted by molar-refractivity contribution is -0.271. The molecule has 6 amide bonds. The molecule has 6 aromatic rings. The number of carboxylic acids is 2. The third-order valence-corrected chi connectivity index (χ3v) is 26.1. The number of carbonyl (C=O) groups is 8. The van der Waals surface area contributed by atoms with Gasteiger partial charge in [0.1, 0.15) is 42.5 Å². The van der Waals surface area contributed by atoms with E-state index in [9.17, 15) is 85.3 Å². The summed E-state index contributed by atoms with van der Waals surface area (Å²) in [5.41, 5.74) is 4.20. The molecule has 7 heterocycles. The van der Waals surface area contributed by atoms with E-state index in [0.717, 1.165) is 79.6 Å². The van der Waals surface area contributed by atoms with Crippen LogP contribution in [0, 0.1) is 29.6 Å². The number of benzene rings is 3. The number of likely N-dealkylation sites (tertiary alicyclic amines) is 1. The summed E-state index contributed by atoms with van der Waals surface area (Å²) in [6.45, 7) is 5.25. The molecule has 10 aliphatic rings. The van der Waals surface area contributed by atoms with Crippen LogP contribution in [0.3, 0.4) is 0 Å². The maximum absolute atomic E-state index is 14.4. The average Bonchev–Trinajstić information content (AvgIpc) is 0.750. The number of carbonyl (C=O) groups excluding carboxylic acids is 6. The van der Waals surface area contributed by atoms with E-state index >= 15 is 0 Å². The maximum atomic E-state index is 14.4. The first kappa shape index (κ1) is 82.6. The lowest BCUT2D eigenvalue weighted by Crippen LogP contribution is -2.61. The quantitative estimate of drug-likeness (QED) is 0.0149. The highest BCUT2D eigenvalue weighted by Crippen LogP contribution is 2.66. The molecule has 6 aliphatic carbocycles. The van der Waals surface area contributed by atoms with Gasteiger partial charge in [0.05, 0.1) is 65.9 Å². The number of amides is 6. The number of fused-ring (bicyclic) bond motifs is 2. The second kappa shape index (κ2) is 33.8. The minimum Gasteiger partial charge on any atom is -0.479 e. The third kappa shape index (κ3) is 18.1. The number of unbranched alkanes of at least 4 members (excludes halogenated alkanes) is 1. The Balaban J connectivity index is 0.664. The Morgan fingerprint density at radius 1 is 0.816 bits per heavy atom. The second-order valence-corrected chi connectivity index (χ2v) is 35.1. The van der Waals surface area contributed by atoms with E-state index in [0.29, 0.717) is 103 Å². The van der Waals surface area contributed by atoms with Crippen molar-refractivity contribution in [3.8, 4) is 16.9 Å². The fraction of sp³-hybridized carbons (Fsp3) is 0.519. The Labute approximate surface area is 660 Å². The van der Waals surface area contributed by atoms with Crippen molar-refractivity contribution < 1.29 is 114 Å². The summed E-state index contributed by atoms with van der Waals surface area (Å²) in [7, 11) is -9.04. The Morgan fingerprint density at radius 2 is 1.55 bits per heavy atom. The minimum atomic E-state index is -4.65. The zero-order chi connectivity index (χ0) is 81.3. The molecule has 6 saturated carbocycles. The summed E-state index contributed by atoms with van der Waals surface area (Å²) in [5, 5.41) is 64.1. The smallest absolute Gasteiger partial charge is 0.410 e. The fourth-order valence-corrected chi connectivity index (χ4v) is 19.5. The van der Waals surface area contributed by atoms with Gasteiger partial charge in [-0.05, 0) is 153 Å². The summed E-state index contributed by atoms with van der Waals surface area (Å²) in [5.74, 6) is -6.69. The number of rotatable bonds is 32. The lowest BCUT2D eigenvalue weighted by Gasteiger charge is -2.64. The van der Waals surface area contributed by atoms with Crippen molar-refractivity contribution in [1.29, 1.82) is 0 Å². The molecule has 9 atom stereocenters. The van der Waals surface area contributed by atoms with Crippen molar-refractivity contribution in [2.45, 2.75) is 166 Å². The summed E-state index contributed by atoms with van der Waals surface area (Å²) in [6, 6.07) is 19.3. The topological polar surface area (TPSA) is 473 Å². The minimum absolute atomic E-state index is 0.0102. The fourth-order valence-electron chi connectivity index (χ4n) is 17.9. The highest BCUT2D eigenvalue weighted by Gasteiger charge is 2.61. The van der Waals surface area contributed by atoms with Crippen molar-refractivity contribution in [3.63, 3.8) is 0 Å². The molecule has 3 aromatic carbocycles. The Morgan fingerprint density at radius 3 is 2.26 bits per heavy atom. The van der Waals surface area contributed by atoms with E-state index in [1.165, 1.54) is 23.5 Å². The van der Waals surface area contributed by atoms with E-state index < -0.39 is 148 Å². The number of nitrogens with one attached hydrogen (secondary N) is 2. The molecule has 114 heavy (non-hydrogen) atoms. The molecule has 3 bridgehead atoms.